The second kappa shape index (κ2) is 15.0. The molecular weight excluding hydrogens is 582 g/mol. The summed E-state index contributed by atoms with van der Waals surface area (Å²) in [6, 6.07) is 11.8. The normalized spacial score (nSPS) is 21.8. The van der Waals surface area contributed by atoms with Gasteiger partial charge in [0.1, 0.15) is 0 Å². The molecule has 0 unspecified atom stereocenters. The van der Waals surface area contributed by atoms with Crippen molar-refractivity contribution in [2.45, 2.75) is 38.4 Å². The van der Waals surface area contributed by atoms with Crippen LogP contribution in [0.3, 0.4) is 0 Å². The van der Waals surface area contributed by atoms with Crippen LogP contribution in [0.5, 0.6) is 23.0 Å². The molecule has 1 saturated heterocycles. The van der Waals surface area contributed by atoms with Gasteiger partial charge in [0, 0.05) is 38.1 Å². The molecule has 1 N–H and O–H groups in total. The number of amides is 1. The van der Waals surface area contributed by atoms with Crippen LogP contribution in [-0.4, -0.2) is 88.5 Å². The molecule has 11 nitrogen and oxygen atoms in total. The number of aliphatic hydroxyl groups excluding tert-OH is 1. The molecule has 4 aliphatic heterocycles. The van der Waals surface area contributed by atoms with Crippen LogP contribution in [0.4, 0.5) is 0 Å². The van der Waals surface area contributed by atoms with Gasteiger partial charge in [-0.05, 0) is 67.7 Å². The Labute approximate surface area is 263 Å². The first-order chi connectivity index (χ1) is 22.1. The summed E-state index contributed by atoms with van der Waals surface area (Å²) >= 11 is 0. The minimum atomic E-state index is -0.630. The lowest BCUT2D eigenvalue weighted by Crippen LogP contribution is -2.42. The van der Waals surface area contributed by atoms with Gasteiger partial charge in [-0.3, -0.25) is 4.79 Å². The van der Waals surface area contributed by atoms with E-state index in [4.69, 9.17) is 43.0 Å². The summed E-state index contributed by atoms with van der Waals surface area (Å²) in [6.07, 6.45) is 5.66. The highest BCUT2D eigenvalue weighted by Crippen LogP contribution is 2.43. The highest BCUT2D eigenvalue weighted by Gasteiger charge is 2.39. The number of likely N-dealkylation sites (tertiary alicyclic amines) is 1. The van der Waals surface area contributed by atoms with Crippen LogP contribution in [0.1, 0.15) is 43.2 Å². The minimum absolute atomic E-state index is 0.0174. The van der Waals surface area contributed by atoms with Crippen LogP contribution in [0.25, 0.3) is 6.08 Å². The quantitative estimate of drug-likeness (QED) is 0.325. The first-order valence-corrected chi connectivity index (χ1v) is 15.7. The van der Waals surface area contributed by atoms with Crippen molar-refractivity contribution in [2.24, 2.45) is 5.92 Å². The van der Waals surface area contributed by atoms with Crippen LogP contribution in [-0.2, 0) is 23.7 Å². The van der Waals surface area contributed by atoms with Crippen molar-refractivity contribution in [3.8, 4) is 23.0 Å². The Hall–Kier alpha value is -3.77. The molecule has 0 aromatic heterocycles. The van der Waals surface area contributed by atoms with Crippen molar-refractivity contribution in [1.29, 1.82) is 0 Å². The summed E-state index contributed by atoms with van der Waals surface area (Å²) in [5.74, 6) is 2.78. The van der Waals surface area contributed by atoms with Gasteiger partial charge in [0.05, 0.1) is 26.4 Å². The van der Waals surface area contributed by atoms with E-state index >= 15 is 0 Å². The average Bonchev–Trinajstić information content (AvgIpc) is 3.74. The molecular formula is C34H41NO10. The van der Waals surface area contributed by atoms with Crippen LogP contribution in [0, 0.1) is 5.92 Å². The van der Waals surface area contributed by atoms with E-state index in [0.717, 1.165) is 35.5 Å². The van der Waals surface area contributed by atoms with Gasteiger partial charge in [0.2, 0.25) is 19.9 Å². The molecule has 242 valence electrons. The van der Waals surface area contributed by atoms with Gasteiger partial charge in [-0.1, -0.05) is 23.8 Å². The van der Waals surface area contributed by atoms with Gasteiger partial charge in [0.25, 0.3) is 5.91 Å². The number of carbonyl (C=O) groups is 1. The van der Waals surface area contributed by atoms with Crippen LogP contribution >= 0.6 is 0 Å². The number of aliphatic hydroxyl groups is 1. The molecule has 0 bridgehead atoms. The number of ether oxygens (including phenoxy) is 8. The molecule has 6 rings (SSSR count). The molecule has 0 aliphatic carbocycles. The van der Waals surface area contributed by atoms with Gasteiger partial charge in [-0.15, -0.1) is 0 Å². The Kier molecular flexibility index (Phi) is 10.4. The monoisotopic (exact) mass is 623 g/mol. The first kappa shape index (κ1) is 31.2. The zero-order valence-electron chi connectivity index (χ0n) is 25.6. The van der Waals surface area contributed by atoms with E-state index < -0.39 is 6.29 Å². The van der Waals surface area contributed by atoms with E-state index in [0.29, 0.717) is 63.2 Å². The van der Waals surface area contributed by atoms with E-state index in [9.17, 15) is 4.79 Å². The average molecular weight is 624 g/mol. The summed E-state index contributed by atoms with van der Waals surface area (Å²) < 4.78 is 45.7. The van der Waals surface area contributed by atoms with Gasteiger partial charge >= 0.3 is 0 Å². The fraction of sp³-hybridized carbons (Fsp3) is 0.500. The van der Waals surface area contributed by atoms with Gasteiger partial charge < -0.3 is 47.9 Å². The predicted molar refractivity (Wildman–Crippen MR) is 163 cm³/mol. The van der Waals surface area contributed by atoms with Crippen LogP contribution in [0.2, 0.25) is 0 Å². The molecule has 45 heavy (non-hydrogen) atoms. The molecule has 3 atom stereocenters. The van der Waals surface area contributed by atoms with E-state index in [1.165, 1.54) is 5.57 Å². The highest BCUT2D eigenvalue weighted by atomic mass is 16.7. The number of hydrogen-bond acceptors (Lipinski definition) is 10. The van der Waals surface area contributed by atoms with Gasteiger partial charge in [-0.2, -0.15) is 0 Å². The maximum Gasteiger partial charge on any atom is 0.288 e. The van der Waals surface area contributed by atoms with Crippen molar-refractivity contribution in [3.63, 3.8) is 0 Å². The topological polar surface area (TPSA) is 114 Å². The van der Waals surface area contributed by atoms with E-state index in [2.05, 4.69) is 6.08 Å². The van der Waals surface area contributed by atoms with Crippen molar-refractivity contribution in [2.75, 3.05) is 66.3 Å². The minimum Gasteiger partial charge on any atom is -0.459 e. The Bertz CT molecular complexity index is 1380. The fourth-order valence-electron chi connectivity index (χ4n) is 6.07. The Morgan fingerprint density at radius 1 is 0.911 bits per heavy atom. The third kappa shape index (κ3) is 7.55. The van der Waals surface area contributed by atoms with Crippen molar-refractivity contribution in [1.82, 2.24) is 4.90 Å². The maximum absolute atomic E-state index is 13.9. The standard InChI is InChI=1S/C34H41NO10/c1-2-40-34-26(9-13-38-15-16-39-14-12-36)27(25-4-6-29-31(19-25)44-22-42-29)20-32(45-34)33(37)35-10-7-23(8-11-35)17-24-3-5-28-30(18-24)43-21-41-28/h3-6,17-20,26-27,34,36H,2,7-16,21-22H2,1H3/t26-,27+,34+/m0/s1. The largest absolute Gasteiger partial charge is 0.459 e. The van der Waals surface area contributed by atoms with E-state index in [1.807, 2.05) is 54.3 Å². The first-order valence-electron chi connectivity index (χ1n) is 15.7. The molecule has 11 heteroatoms. The zero-order chi connectivity index (χ0) is 31.0. The fourth-order valence-corrected chi connectivity index (χ4v) is 6.07. The van der Waals surface area contributed by atoms with E-state index in [1.54, 1.807) is 0 Å². The summed E-state index contributed by atoms with van der Waals surface area (Å²) in [7, 11) is 0. The highest BCUT2D eigenvalue weighted by molar-refractivity contribution is 5.92. The Morgan fingerprint density at radius 3 is 2.33 bits per heavy atom. The molecule has 0 radical (unpaired) electrons. The third-order valence-electron chi connectivity index (χ3n) is 8.37. The Morgan fingerprint density at radius 2 is 1.60 bits per heavy atom. The molecule has 1 amide bonds. The van der Waals surface area contributed by atoms with Crippen molar-refractivity contribution >= 4 is 12.0 Å². The van der Waals surface area contributed by atoms with Gasteiger partial charge in [0.15, 0.2) is 28.8 Å². The summed E-state index contributed by atoms with van der Waals surface area (Å²) in [5, 5.41) is 8.90. The van der Waals surface area contributed by atoms with Crippen LogP contribution < -0.4 is 18.9 Å². The number of rotatable bonds is 13. The van der Waals surface area contributed by atoms with Crippen molar-refractivity contribution in [3.05, 3.63) is 64.9 Å². The zero-order valence-corrected chi connectivity index (χ0v) is 25.6. The number of piperidine rings is 1. The number of fused-ring (bicyclic) bond motifs is 2. The molecule has 0 saturated carbocycles. The third-order valence-corrected chi connectivity index (χ3v) is 8.37. The summed E-state index contributed by atoms with van der Waals surface area (Å²) in [6.45, 7) is 5.54. The molecule has 2 aromatic carbocycles. The summed E-state index contributed by atoms with van der Waals surface area (Å²) in [5.41, 5.74) is 3.33. The summed E-state index contributed by atoms with van der Waals surface area (Å²) in [4.78, 5) is 15.7. The molecule has 0 spiro atoms. The molecule has 4 aliphatic rings. The number of hydrogen-bond donors (Lipinski definition) is 1. The lowest BCUT2D eigenvalue weighted by Gasteiger charge is -2.38. The predicted octanol–water partition coefficient (Wildman–Crippen LogP) is 4.24. The second-order valence-electron chi connectivity index (χ2n) is 11.2. The van der Waals surface area contributed by atoms with Crippen molar-refractivity contribution < 1.29 is 47.8 Å². The SMILES string of the molecule is CCO[C@@H]1OC(C(=O)N2CCC(=Cc3ccc4c(c3)OCO4)CC2)=C[C@H](c2ccc3c(c2)OCO3)[C@@H]1CCOCCOCCO. The number of nitrogens with zero attached hydrogens (tertiary/aromatic N) is 1. The van der Waals surface area contributed by atoms with E-state index in [-0.39, 0.29) is 44.5 Å². The number of carbonyl (C=O) groups excluding carboxylic acids is 1. The molecule has 2 aromatic rings. The maximum atomic E-state index is 13.9. The smallest absolute Gasteiger partial charge is 0.288 e. The molecule has 1 fully saturated rings. The van der Waals surface area contributed by atoms with Crippen LogP contribution in [0.15, 0.2) is 53.8 Å². The number of allylic oxidation sites excluding steroid dienone is 1. The number of benzene rings is 2. The van der Waals surface area contributed by atoms with Gasteiger partial charge in [-0.25, -0.2) is 0 Å². The second-order valence-corrected chi connectivity index (χ2v) is 11.2. The molecule has 4 heterocycles. The Balaban J connectivity index is 1.16. The lowest BCUT2D eigenvalue weighted by atomic mass is 9.81. The lowest BCUT2D eigenvalue weighted by molar-refractivity contribution is -0.172.